The Balaban J connectivity index is 1.81. The summed E-state index contributed by atoms with van der Waals surface area (Å²) in [7, 11) is -3.77. The van der Waals surface area contributed by atoms with E-state index in [1.165, 1.54) is 16.4 Å². The minimum Gasteiger partial charge on any atom is -0.450 e. The fraction of sp³-hybridized carbons (Fsp3) is 0.632. The molecule has 2 fully saturated rings. The molecule has 2 aliphatic rings. The molecule has 0 N–H and O–H groups in total. The summed E-state index contributed by atoms with van der Waals surface area (Å²) in [6, 6.07) is 4.11. The summed E-state index contributed by atoms with van der Waals surface area (Å²) in [6.45, 7) is 4.46. The molecule has 0 radical (unpaired) electrons. The third-order valence-corrected chi connectivity index (χ3v) is 7.39. The summed E-state index contributed by atoms with van der Waals surface area (Å²) in [6.07, 6.45) is 3.17. The molecule has 166 valence electrons. The summed E-state index contributed by atoms with van der Waals surface area (Å²) in [5.41, 5.74) is 0.119. The van der Waals surface area contributed by atoms with Crippen molar-refractivity contribution in [1.29, 1.82) is 0 Å². The molecule has 11 heteroatoms. The SMILES string of the molecule is CCOC(=O)N1CCN(c2ccc(S(=O)(=O)N3CCCCCC3)cc2[N+](=O)[O-])CC1. The summed E-state index contributed by atoms with van der Waals surface area (Å²) < 4.78 is 32.4. The van der Waals surface area contributed by atoms with E-state index in [4.69, 9.17) is 4.74 Å². The molecule has 2 saturated heterocycles. The van der Waals surface area contributed by atoms with Gasteiger partial charge in [0.15, 0.2) is 0 Å². The first-order valence-corrected chi connectivity index (χ1v) is 11.7. The Morgan fingerprint density at radius 2 is 1.70 bits per heavy atom. The van der Waals surface area contributed by atoms with Gasteiger partial charge in [-0.1, -0.05) is 12.8 Å². The lowest BCUT2D eigenvalue weighted by Crippen LogP contribution is -2.49. The van der Waals surface area contributed by atoms with Crippen molar-refractivity contribution in [2.45, 2.75) is 37.5 Å². The fourth-order valence-electron chi connectivity index (χ4n) is 3.85. The van der Waals surface area contributed by atoms with Gasteiger partial charge >= 0.3 is 6.09 Å². The van der Waals surface area contributed by atoms with Gasteiger partial charge in [0.1, 0.15) is 5.69 Å². The van der Waals surface area contributed by atoms with Crippen LogP contribution in [0.15, 0.2) is 23.1 Å². The number of carbonyl (C=O) groups is 1. The molecule has 1 aromatic carbocycles. The predicted molar refractivity (Wildman–Crippen MR) is 111 cm³/mol. The second kappa shape index (κ2) is 9.61. The maximum Gasteiger partial charge on any atom is 0.409 e. The maximum atomic E-state index is 13.0. The molecule has 0 atom stereocenters. The zero-order valence-electron chi connectivity index (χ0n) is 17.2. The molecule has 0 aliphatic carbocycles. The van der Waals surface area contributed by atoms with Crippen LogP contribution in [0, 0.1) is 10.1 Å². The number of amides is 1. The van der Waals surface area contributed by atoms with Crippen molar-refractivity contribution in [2.24, 2.45) is 0 Å². The average Bonchev–Trinajstić information content (AvgIpc) is 3.04. The number of anilines is 1. The monoisotopic (exact) mass is 440 g/mol. The molecule has 2 aliphatic heterocycles. The van der Waals surface area contributed by atoms with E-state index in [1.807, 2.05) is 0 Å². The van der Waals surface area contributed by atoms with E-state index in [2.05, 4.69) is 0 Å². The second-order valence-electron chi connectivity index (χ2n) is 7.40. The van der Waals surface area contributed by atoms with Crippen LogP contribution in [0.3, 0.4) is 0 Å². The largest absolute Gasteiger partial charge is 0.450 e. The summed E-state index contributed by atoms with van der Waals surface area (Å²) in [5.74, 6) is 0. The van der Waals surface area contributed by atoms with Crippen molar-refractivity contribution < 1.29 is 22.9 Å². The number of ether oxygens (including phenoxy) is 1. The molecule has 0 unspecified atom stereocenters. The van der Waals surface area contributed by atoms with Gasteiger partial charge in [0.25, 0.3) is 5.69 Å². The lowest BCUT2D eigenvalue weighted by molar-refractivity contribution is -0.384. The highest BCUT2D eigenvalue weighted by Gasteiger charge is 2.31. The van der Waals surface area contributed by atoms with E-state index < -0.39 is 21.0 Å². The highest BCUT2D eigenvalue weighted by Crippen LogP contribution is 2.33. The van der Waals surface area contributed by atoms with Crippen molar-refractivity contribution in [3.8, 4) is 0 Å². The van der Waals surface area contributed by atoms with E-state index in [0.717, 1.165) is 31.7 Å². The summed E-state index contributed by atoms with van der Waals surface area (Å²) in [5, 5.41) is 11.7. The van der Waals surface area contributed by atoms with Gasteiger partial charge in [-0.25, -0.2) is 13.2 Å². The molecule has 2 heterocycles. The Labute approximate surface area is 176 Å². The van der Waals surface area contributed by atoms with Crippen molar-refractivity contribution >= 4 is 27.5 Å². The first-order valence-electron chi connectivity index (χ1n) is 10.3. The van der Waals surface area contributed by atoms with E-state index >= 15 is 0 Å². The molecule has 30 heavy (non-hydrogen) atoms. The Bertz CT molecular complexity index is 875. The van der Waals surface area contributed by atoms with Gasteiger partial charge in [-0.15, -0.1) is 0 Å². The zero-order valence-corrected chi connectivity index (χ0v) is 18.0. The maximum absolute atomic E-state index is 13.0. The molecule has 1 aromatic rings. The van der Waals surface area contributed by atoms with Crippen LogP contribution in [-0.2, 0) is 14.8 Å². The molecule has 0 bridgehead atoms. The standard InChI is InChI=1S/C19H28N4O6S/c1-2-29-19(24)21-13-11-20(12-14-21)17-8-7-16(15-18(17)23(25)26)30(27,28)22-9-5-3-4-6-10-22/h7-8,15H,2-6,9-14H2,1H3. The Hall–Kier alpha value is -2.40. The number of rotatable bonds is 5. The number of nitro groups is 1. The third kappa shape index (κ3) is 4.84. The van der Waals surface area contributed by atoms with E-state index in [9.17, 15) is 23.3 Å². The van der Waals surface area contributed by atoms with E-state index in [0.29, 0.717) is 45.0 Å². The van der Waals surface area contributed by atoms with E-state index in [-0.39, 0.29) is 17.2 Å². The molecule has 0 aromatic heterocycles. The smallest absolute Gasteiger partial charge is 0.409 e. The highest BCUT2D eigenvalue weighted by molar-refractivity contribution is 7.89. The van der Waals surface area contributed by atoms with Crippen LogP contribution in [0.25, 0.3) is 0 Å². The highest BCUT2D eigenvalue weighted by atomic mass is 32.2. The number of nitrogens with zero attached hydrogens (tertiary/aromatic N) is 4. The summed E-state index contributed by atoms with van der Waals surface area (Å²) >= 11 is 0. The normalized spacial score (nSPS) is 18.7. The van der Waals surface area contributed by atoms with Crippen LogP contribution >= 0.6 is 0 Å². The van der Waals surface area contributed by atoms with Gasteiger partial charge in [-0.2, -0.15) is 4.31 Å². The number of hydrogen-bond acceptors (Lipinski definition) is 7. The number of benzene rings is 1. The zero-order chi connectivity index (χ0) is 21.7. The van der Waals surface area contributed by atoms with Gasteiger partial charge in [-0.05, 0) is 31.9 Å². The quantitative estimate of drug-likeness (QED) is 0.510. The van der Waals surface area contributed by atoms with Crippen LogP contribution in [0.4, 0.5) is 16.2 Å². The number of carbonyl (C=O) groups excluding carboxylic acids is 1. The van der Waals surface area contributed by atoms with Crippen molar-refractivity contribution in [1.82, 2.24) is 9.21 Å². The van der Waals surface area contributed by atoms with Crippen LogP contribution < -0.4 is 4.90 Å². The topological polar surface area (TPSA) is 113 Å². The number of hydrogen-bond donors (Lipinski definition) is 0. The minimum atomic E-state index is -3.77. The molecular formula is C19H28N4O6S. The molecular weight excluding hydrogens is 412 g/mol. The van der Waals surface area contributed by atoms with Crippen molar-refractivity contribution in [3.05, 3.63) is 28.3 Å². The molecule has 0 saturated carbocycles. The first-order chi connectivity index (χ1) is 14.3. The molecule has 1 amide bonds. The minimum absolute atomic E-state index is 0.0509. The number of piperazine rings is 1. The first kappa shape index (κ1) is 22.3. The van der Waals surface area contributed by atoms with Gasteiger partial charge in [-0.3, -0.25) is 10.1 Å². The second-order valence-corrected chi connectivity index (χ2v) is 9.34. The summed E-state index contributed by atoms with van der Waals surface area (Å²) in [4.78, 5) is 26.3. The van der Waals surface area contributed by atoms with Gasteiger partial charge in [0.2, 0.25) is 10.0 Å². The Morgan fingerprint density at radius 3 is 2.27 bits per heavy atom. The Kier molecular flexibility index (Phi) is 7.14. The Morgan fingerprint density at radius 1 is 1.07 bits per heavy atom. The van der Waals surface area contributed by atoms with Crippen LogP contribution in [0.1, 0.15) is 32.6 Å². The van der Waals surface area contributed by atoms with Gasteiger partial charge in [0, 0.05) is 45.3 Å². The van der Waals surface area contributed by atoms with Gasteiger partial charge in [0.05, 0.1) is 16.4 Å². The lowest BCUT2D eigenvalue weighted by Gasteiger charge is -2.35. The van der Waals surface area contributed by atoms with Crippen molar-refractivity contribution in [3.63, 3.8) is 0 Å². The average molecular weight is 441 g/mol. The van der Waals surface area contributed by atoms with Crippen LogP contribution in [-0.4, -0.2) is 74.5 Å². The van der Waals surface area contributed by atoms with Crippen LogP contribution in [0.2, 0.25) is 0 Å². The number of sulfonamides is 1. The molecule has 0 spiro atoms. The third-order valence-electron chi connectivity index (χ3n) is 5.49. The fourth-order valence-corrected chi connectivity index (χ4v) is 5.39. The molecule has 3 rings (SSSR count). The molecule has 10 nitrogen and oxygen atoms in total. The van der Waals surface area contributed by atoms with E-state index in [1.54, 1.807) is 16.7 Å². The number of nitro benzene ring substituents is 1. The van der Waals surface area contributed by atoms with Gasteiger partial charge < -0.3 is 14.5 Å². The predicted octanol–water partition coefficient (Wildman–Crippen LogP) is 2.44. The van der Waals surface area contributed by atoms with Crippen LogP contribution in [0.5, 0.6) is 0 Å². The van der Waals surface area contributed by atoms with Crippen molar-refractivity contribution in [2.75, 3.05) is 50.8 Å². The lowest BCUT2D eigenvalue weighted by atomic mass is 10.2.